The predicted octanol–water partition coefficient (Wildman–Crippen LogP) is 2.50. The van der Waals surface area contributed by atoms with Gasteiger partial charge in [-0.2, -0.15) is 0 Å². The predicted molar refractivity (Wildman–Crippen MR) is 75.9 cm³/mol. The normalized spacial score (nSPS) is 14.9. The summed E-state index contributed by atoms with van der Waals surface area (Å²) < 4.78 is 0. The summed E-state index contributed by atoms with van der Waals surface area (Å²) >= 11 is 0. The average Bonchev–Trinajstić information content (AvgIpc) is 2.84. The van der Waals surface area contributed by atoms with Crippen molar-refractivity contribution in [3.8, 4) is 0 Å². The van der Waals surface area contributed by atoms with Crippen LogP contribution < -0.4 is 0 Å². The van der Waals surface area contributed by atoms with E-state index in [1.807, 2.05) is 19.1 Å². The Kier molecular flexibility index (Phi) is 3.17. The number of carbonyl (C=O) groups is 2. The monoisotopic (exact) mass is 282 g/mol. The molecule has 1 amide bonds. The van der Waals surface area contributed by atoms with E-state index in [2.05, 4.69) is 4.98 Å². The lowest BCUT2D eigenvalue weighted by Crippen LogP contribution is -2.27. The first-order chi connectivity index (χ1) is 10.1. The molecule has 1 aliphatic rings. The van der Waals surface area contributed by atoms with Gasteiger partial charge in [0.05, 0.1) is 17.2 Å². The standard InChI is InChI=1S/C16H14N2O3/c1-10(11-5-7-17-8-6-11)18-9-12-3-2-4-13(16(20)21)14(12)15(18)19/h2-8,10H,9H2,1H3,(H,20,21)/t10-/m1/s1. The minimum Gasteiger partial charge on any atom is -0.478 e. The molecule has 0 unspecified atom stereocenters. The van der Waals surface area contributed by atoms with Crippen molar-refractivity contribution >= 4 is 11.9 Å². The Bertz CT molecular complexity index is 713. The molecule has 2 heterocycles. The Hall–Kier alpha value is -2.69. The molecule has 5 nitrogen and oxygen atoms in total. The molecule has 1 N–H and O–H groups in total. The van der Waals surface area contributed by atoms with E-state index in [4.69, 9.17) is 0 Å². The number of fused-ring (bicyclic) bond motifs is 1. The molecule has 1 atom stereocenters. The minimum atomic E-state index is -1.07. The van der Waals surface area contributed by atoms with Gasteiger partial charge in [0.2, 0.25) is 0 Å². The lowest BCUT2D eigenvalue weighted by atomic mass is 10.0. The average molecular weight is 282 g/mol. The number of carbonyl (C=O) groups excluding carboxylic acids is 1. The Morgan fingerprint density at radius 3 is 2.67 bits per heavy atom. The summed E-state index contributed by atoms with van der Waals surface area (Å²) in [5, 5.41) is 9.23. The number of aromatic nitrogens is 1. The number of carboxylic acid groups (broad SMARTS) is 1. The number of carboxylic acids is 1. The summed E-state index contributed by atoms with van der Waals surface area (Å²) in [5.74, 6) is -1.30. The van der Waals surface area contributed by atoms with Crippen LogP contribution in [0.2, 0.25) is 0 Å². The Morgan fingerprint density at radius 2 is 2.00 bits per heavy atom. The highest BCUT2D eigenvalue weighted by atomic mass is 16.4. The van der Waals surface area contributed by atoms with Crippen LogP contribution in [-0.4, -0.2) is 26.9 Å². The second kappa shape index (κ2) is 5.01. The van der Waals surface area contributed by atoms with Gasteiger partial charge in [-0.05, 0) is 36.2 Å². The van der Waals surface area contributed by atoms with Gasteiger partial charge in [-0.15, -0.1) is 0 Å². The highest BCUT2D eigenvalue weighted by Gasteiger charge is 2.34. The molecule has 0 fully saturated rings. The fourth-order valence-corrected chi connectivity index (χ4v) is 2.70. The smallest absolute Gasteiger partial charge is 0.336 e. The van der Waals surface area contributed by atoms with E-state index in [9.17, 15) is 14.7 Å². The van der Waals surface area contributed by atoms with Gasteiger partial charge in [0.25, 0.3) is 5.91 Å². The minimum absolute atomic E-state index is 0.0712. The van der Waals surface area contributed by atoms with E-state index in [1.54, 1.807) is 29.4 Å². The summed E-state index contributed by atoms with van der Waals surface area (Å²) in [6, 6.07) is 8.54. The maximum absolute atomic E-state index is 12.6. The molecule has 0 saturated carbocycles. The molecule has 106 valence electrons. The van der Waals surface area contributed by atoms with Crippen molar-refractivity contribution in [3.63, 3.8) is 0 Å². The summed E-state index contributed by atoms with van der Waals surface area (Å²) in [6.45, 7) is 2.36. The van der Waals surface area contributed by atoms with Crippen molar-refractivity contribution in [2.24, 2.45) is 0 Å². The molecule has 0 saturated heterocycles. The number of hydrogen-bond donors (Lipinski definition) is 1. The molecule has 2 aromatic rings. The molecular weight excluding hydrogens is 268 g/mol. The molecule has 5 heteroatoms. The van der Waals surface area contributed by atoms with Crippen LogP contribution in [0.5, 0.6) is 0 Å². The van der Waals surface area contributed by atoms with Crippen LogP contribution in [0.1, 0.15) is 44.8 Å². The van der Waals surface area contributed by atoms with E-state index in [0.29, 0.717) is 12.1 Å². The summed E-state index contributed by atoms with van der Waals surface area (Å²) in [7, 11) is 0. The number of rotatable bonds is 3. The SMILES string of the molecule is C[C@H](c1ccncc1)N1Cc2cccc(C(=O)O)c2C1=O. The van der Waals surface area contributed by atoms with Crippen LogP contribution in [0.25, 0.3) is 0 Å². The van der Waals surface area contributed by atoms with Crippen LogP contribution in [-0.2, 0) is 6.54 Å². The molecule has 21 heavy (non-hydrogen) atoms. The second-order valence-corrected chi connectivity index (χ2v) is 5.03. The largest absolute Gasteiger partial charge is 0.478 e. The zero-order chi connectivity index (χ0) is 15.0. The zero-order valence-electron chi connectivity index (χ0n) is 11.5. The molecule has 3 rings (SSSR count). The second-order valence-electron chi connectivity index (χ2n) is 5.03. The summed E-state index contributed by atoms with van der Waals surface area (Å²) in [6.07, 6.45) is 3.37. The third-order valence-electron chi connectivity index (χ3n) is 3.85. The van der Waals surface area contributed by atoms with Crippen molar-refractivity contribution in [2.45, 2.75) is 19.5 Å². The van der Waals surface area contributed by atoms with E-state index in [1.165, 1.54) is 6.07 Å². The summed E-state index contributed by atoms with van der Waals surface area (Å²) in [4.78, 5) is 29.5. The lowest BCUT2D eigenvalue weighted by Gasteiger charge is -2.24. The maximum Gasteiger partial charge on any atom is 0.336 e. The number of aromatic carboxylic acids is 1. The van der Waals surface area contributed by atoms with E-state index >= 15 is 0 Å². The Labute approximate surface area is 121 Å². The topological polar surface area (TPSA) is 70.5 Å². The molecule has 0 radical (unpaired) electrons. The number of pyridine rings is 1. The van der Waals surface area contributed by atoms with Gasteiger partial charge >= 0.3 is 5.97 Å². The maximum atomic E-state index is 12.6. The zero-order valence-corrected chi connectivity index (χ0v) is 11.5. The fourth-order valence-electron chi connectivity index (χ4n) is 2.70. The first kappa shape index (κ1) is 13.3. The van der Waals surface area contributed by atoms with Crippen LogP contribution in [0, 0.1) is 0 Å². The van der Waals surface area contributed by atoms with Crippen LogP contribution in [0.3, 0.4) is 0 Å². The first-order valence-electron chi connectivity index (χ1n) is 6.65. The third-order valence-corrected chi connectivity index (χ3v) is 3.85. The van der Waals surface area contributed by atoms with Crippen LogP contribution in [0.4, 0.5) is 0 Å². The quantitative estimate of drug-likeness (QED) is 0.939. The highest BCUT2D eigenvalue weighted by Crippen LogP contribution is 2.32. The van der Waals surface area contributed by atoms with Crippen molar-refractivity contribution < 1.29 is 14.7 Å². The molecule has 1 aromatic carbocycles. The van der Waals surface area contributed by atoms with Gasteiger partial charge in [0.1, 0.15) is 0 Å². The van der Waals surface area contributed by atoms with Crippen molar-refractivity contribution in [1.82, 2.24) is 9.88 Å². The van der Waals surface area contributed by atoms with Crippen molar-refractivity contribution in [2.75, 3.05) is 0 Å². The van der Waals surface area contributed by atoms with E-state index in [-0.39, 0.29) is 17.5 Å². The molecular formula is C16H14N2O3. The third kappa shape index (κ3) is 2.16. The van der Waals surface area contributed by atoms with Gasteiger partial charge in [-0.3, -0.25) is 9.78 Å². The first-order valence-corrected chi connectivity index (χ1v) is 6.65. The Morgan fingerprint density at radius 1 is 1.29 bits per heavy atom. The number of amides is 1. The molecule has 0 bridgehead atoms. The Balaban J connectivity index is 1.98. The van der Waals surface area contributed by atoms with Crippen LogP contribution >= 0.6 is 0 Å². The number of benzene rings is 1. The fraction of sp³-hybridized carbons (Fsp3) is 0.188. The van der Waals surface area contributed by atoms with Gasteiger partial charge in [-0.25, -0.2) is 4.79 Å². The summed E-state index contributed by atoms with van der Waals surface area (Å²) in [5.41, 5.74) is 2.12. The van der Waals surface area contributed by atoms with Gasteiger partial charge < -0.3 is 10.0 Å². The van der Waals surface area contributed by atoms with Gasteiger partial charge in [-0.1, -0.05) is 12.1 Å². The number of nitrogens with zero attached hydrogens (tertiary/aromatic N) is 2. The number of hydrogen-bond acceptors (Lipinski definition) is 3. The molecule has 1 aliphatic heterocycles. The lowest BCUT2D eigenvalue weighted by molar-refractivity contribution is 0.0668. The molecule has 1 aromatic heterocycles. The van der Waals surface area contributed by atoms with E-state index < -0.39 is 5.97 Å². The van der Waals surface area contributed by atoms with Crippen molar-refractivity contribution in [1.29, 1.82) is 0 Å². The van der Waals surface area contributed by atoms with Crippen LogP contribution in [0.15, 0.2) is 42.7 Å². The van der Waals surface area contributed by atoms with Gasteiger partial charge in [0, 0.05) is 18.9 Å². The molecule has 0 spiro atoms. The van der Waals surface area contributed by atoms with E-state index in [0.717, 1.165) is 11.1 Å². The van der Waals surface area contributed by atoms with Gasteiger partial charge in [0.15, 0.2) is 0 Å². The highest BCUT2D eigenvalue weighted by molar-refractivity contribution is 6.07. The molecule has 0 aliphatic carbocycles. The van der Waals surface area contributed by atoms with Crippen molar-refractivity contribution in [3.05, 3.63) is 65.0 Å².